The quantitative estimate of drug-likeness (QED) is 0.809. The maximum Gasteiger partial charge on any atom is 0.111 e. The predicted molar refractivity (Wildman–Crippen MR) is 63.8 cm³/mol. The summed E-state index contributed by atoms with van der Waals surface area (Å²) in [7, 11) is 0. The maximum absolute atomic E-state index is 5.72. The van der Waals surface area contributed by atoms with Crippen LogP contribution in [0.2, 0.25) is 0 Å². The molecule has 2 N–H and O–H groups in total. The van der Waals surface area contributed by atoms with Crippen LogP contribution in [0.3, 0.4) is 0 Å². The van der Waals surface area contributed by atoms with E-state index in [9.17, 15) is 0 Å². The summed E-state index contributed by atoms with van der Waals surface area (Å²) < 4.78 is 2.24. The number of aryl methyl sites for hydroxylation is 1. The maximum atomic E-state index is 5.72. The van der Waals surface area contributed by atoms with Gasteiger partial charge in [0, 0.05) is 24.9 Å². The molecular weight excluding hydrogens is 186 g/mol. The summed E-state index contributed by atoms with van der Waals surface area (Å²) in [4.78, 5) is 4.37. The summed E-state index contributed by atoms with van der Waals surface area (Å²) in [5.41, 5.74) is 5.94. The molecule has 3 heteroatoms. The van der Waals surface area contributed by atoms with E-state index in [4.69, 9.17) is 5.73 Å². The third kappa shape index (κ3) is 3.34. The highest BCUT2D eigenvalue weighted by molar-refractivity contribution is 4.97. The van der Waals surface area contributed by atoms with Gasteiger partial charge < -0.3 is 10.3 Å². The molecule has 0 atom stereocenters. The molecule has 0 aromatic carbocycles. The summed E-state index contributed by atoms with van der Waals surface area (Å²) in [6, 6.07) is 0. The molecule has 0 unspecified atom stereocenters. The molecule has 0 fully saturated rings. The van der Waals surface area contributed by atoms with Crippen molar-refractivity contribution in [3.05, 3.63) is 18.2 Å². The molecule has 0 radical (unpaired) electrons. The summed E-state index contributed by atoms with van der Waals surface area (Å²) in [6.45, 7) is 10.5. The number of nitrogens with two attached hydrogens (primary N) is 1. The lowest BCUT2D eigenvalue weighted by Crippen LogP contribution is -2.25. The Labute approximate surface area is 92.7 Å². The van der Waals surface area contributed by atoms with E-state index in [1.54, 1.807) is 0 Å². The van der Waals surface area contributed by atoms with Gasteiger partial charge in [0.25, 0.3) is 0 Å². The molecular formula is C12H23N3. The van der Waals surface area contributed by atoms with Crippen LogP contribution in [0.4, 0.5) is 0 Å². The molecule has 0 aliphatic carbocycles. The number of hydrogen-bond donors (Lipinski definition) is 1. The first kappa shape index (κ1) is 12.2. The highest BCUT2D eigenvalue weighted by atomic mass is 15.1. The molecule has 15 heavy (non-hydrogen) atoms. The first-order valence-corrected chi connectivity index (χ1v) is 5.67. The number of nitrogens with zero attached hydrogens (tertiary/aromatic N) is 2. The second-order valence-corrected chi connectivity index (χ2v) is 5.25. The Morgan fingerprint density at radius 2 is 2.13 bits per heavy atom. The number of imidazole rings is 1. The Morgan fingerprint density at radius 1 is 1.47 bits per heavy atom. The lowest BCUT2D eigenvalue weighted by Gasteiger charge is -2.23. The molecule has 0 saturated carbocycles. The van der Waals surface area contributed by atoms with Crippen LogP contribution in [0, 0.1) is 5.41 Å². The van der Waals surface area contributed by atoms with Crippen LogP contribution < -0.4 is 5.73 Å². The normalized spacial score (nSPS) is 12.4. The third-order valence-corrected chi connectivity index (χ3v) is 2.85. The van der Waals surface area contributed by atoms with Crippen LogP contribution in [0.25, 0.3) is 0 Å². The molecule has 1 aromatic rings. The Kier molecular flexibility index (Phi) is 3.91. The molecule has 0 aliphatic rings. The van der Waals surface area contributed by atoms with Crippen molar-refractivity contribution in [3.63, 3.8) is 0 Å². The van der Waals surface area contributed by atoms with Gasteiger partial charge in [-0.1, -0.05) is 27.7 Å². The second-order valence-electron chi connectivity index (χ2n) is 5.25. The smallest absolute Gasteiger partial charge is 0.111 e. The van der Waals surface area contributed by atoms with Gasteiger partial charge in [-0.2, -0.15) is 0 Å². The van der Waals surface area contributed by atoms with Crippen LogP contribution >= 0.6 is 0 Å². The largest absolute Gasteiger partial charge is 0.335 e. The monoisotopic (exact) mass is 209 g/mol. The van der Waals surface area contributed by atoms with E-state index < -0.39 is 0 Å². The van der Waals surface area contributed by atoms with E-state index in [-0.39, 0.29) is 5.41 Å². The lowest BCUT2D eigenvalue weighted by molar-refractivity contribution is 0.321. The summed E-state index contributed by atoms with van der Waals surface area (Å²) >= 11 is 0. The Morgan fingerprint density at radius 3 is 2.67 bits per heavy atom. The van der Waals surface area contributed by atoms with Gasteiger partial charge in [0.2, 0.25) is 0 Å². The zero-order chi connectivity index (χ0) is 11.5. The Bertz CT molecular complexity index is 300. The van der Waals surface area contributed by atoms with Gasteiger partial charge in [-0.05, 0) is 18.4 Å². The molecule has 1 heterocycles. The van der Waals surface area contributed by atoms with Crippen molar-refractivity contribution in [1.29, 1.82) is 0 Å². The highest BCUT2D eigenvalue weighted by Gasteiger charge is 2.16. The molecule has 1 aromatic heterocycles. The van der Waals surface area contributed by atoms with Crippen LogP contribution in [0.1, 0.15) is 45.9 Å². The van der Waals surface area contributed by atoms with Crippen molar-refractivity contribution >= 4 is 0 Å². The molecule has 0 spiro atoms. The summed E-state index contributed by atoms with van der Waals surface area (Å²) in [5, 5.41) is 0. The first-order valence-electron chi connectivity index (χ1n) is 5.67. The summed E-state index contributed by atoms with van der Waals surface area (Å²) in [5.74, 6) is 1.66. The average Bonchev–Trinajstić information content (AvgIpc) is 2.63. The van der Waals surface area contributed by atoms with E-state index in [1.165, 1.54) is 5.82 Å². The van der Waals surface area contributed by atoms with Gasteiger partial charge in [-0.15, -0.1) is 0 Å². The molecule has 0 saturated heterocycles. The molecule has 86 valence electrons. The van der Waals surface area contributed by atoms with Crippen LogP contribution in [-0.4, -0.2) is 16.1 Å². The lowest BCUT2D eigenvalue weighted by atomic mass is 9.89. The van der Waals surface area contributed by atoms with E-state index in [2.05, 4.69) is 43.4 Å². The molecule has 1 rings (SSSR count). The van der Waals surface area contributed by atoms with Crippen molar-refractivity contribution in [3.8, 4) is 0 Å². The van der Waals surface area contributed by atoms with Gasteiger partial charge in [0.1, 0.15) is 5.82 Å². The van der Waals surface area contributed by atoms with Crippen molar-refractivity contribution in [1.82, 2.24) is 9.55 Å². The average molecular weight is 209 g/mol. The zero-order valence-electron chi connectivity index (χ0n) is 10.3. The fourth-order valence-electron chi connectivity index (χ4n) is 1.54. The van der Waals surface area contributed by atoms with E-state index in [1.807, 2.05) is 6.20 Å². The molecule has 0 bridgehead atoms. The highest BCUT2D eigenvalue weighted by Crippen LogP contribution is 2.20. The van der Waals surface area contributed by atoms with Crippen molar-refractivity contribution in [2.24, 2.45) is 11.1 Å². The van der Waals surface area contributed by atoms with Gasteiger partial charge in [0.15, 0.2) is 0 Å². The second kappa shape index (κ2) is 4.79. The fourth-order valence-corrected chi connectivity index (χ4v) is 1.54. The van der Waals surface area contributed by atoms with E-state index in [0.717, 1.165) is 19.5 Å². The van der Waals surface area contributed by atoms with Gasteiger partial charge in [-0.25, -0.2) is 4.98 Å². The molecule has 3 nitrogen and oxygen atoms in total. The van der Waals surface area contributed by atoms with Gasteiger partial charge in [-0.3, -0.25) is 0 Å². The Hall–Kier alpha value is -0.830. The topological polar surface area (TPSA) is 43.8 Å². The van der Waals surface area contributed by atoms with Crippen molar-refractivity contribution in [2.75, 3.05) is 6.54 Å². The molecule has 0 aliphatic heterocycles. The SMILES string of the molecule is CC(C)c1nccn1CCC(C)(C)CN. The number of hydrogen-bond acceptors (Lipinski definition) is 2. The minimum absolute atomic E-state index is 0.221. The van der Waals surface area contributed by atoms with Crippen molar-refractivity contribution < 1.29 is 0 Å². The number of aromatic nitrogens is 2. The van der Waals surface area contributed by atoms with Crippen LogP contribution in [0.15, 0.2) is 12.4 Å². The van der Waals surface area contributed by atoms with Gasteiger partial charge in [0.05, 0.1) is 0 Å². The van der Waals surface area contributed by atoms with Crippen LogP contribution in [0.5, 0.6) is 0 Å². The first-order chi connectivity index (χ1) is 6.96. The molecule has 0 amide bonds. The van der Waals surface area contributed by atoms with E-state index in [0.29, 0.717) is 5.92 Å². The third-order valence-electron chi connectivity index (χ3n) is 2.85. The van der Waals surface area contributed by atoms with Gasteiger partial charge >= 0.3 is 0 Å². The fraction of sp³-hybridized carbons (Fsp3) is 0.750. The zero-order valence-corrected chi connectivity index (χ0v) is 10.3. The Balaban J connectivity index is 2.61. The minimum atomic E-state index is 0.221. The number of rotatable bonds is 5. The summed E-state index contributed by atoms with van der Waals surface area (Å²) in [6.07, 6.45) is 5.03. The minimum Gasteiger partial charge on any atom is -0.335 e. The van der Waals surface area contributed by atoms with Crippen molar-refractivity contribution in [2.45, 2.75) is 46.6 Å². The standard InChI is InChI=1S/C12H23N3/c1-10(2)11-14-6-8-15(11)7-5-12(3,4)9-13/h6,8,10H,5,7,9,13H2,1-4H3. The van der Waals surface area contributed by atoms with E-state index >= 15 is 0 Å². The van der Waals surface area contributed by atoms with Crippen LogP contribution in [-0.2, 0) is 6.54 Å². The predicted octanol–water partition coefficient (Wildman–Crippen LogP) is 2.38.